The van der Waals surface area contributed by atoms with Crippen LogP contribution in [0.2, 0.25) is 0 Å². The van der Waals surface area contributed by atoms with E-state index in [1.807, 2.05) is 6.07 Å². The average Bonchev–Trinajstić information content (AvgIpc) is 2.31. The molecular formula is C7H3FINO. The third kappa shape index (κ3) is 1.11. The minimum absolute atomic E-state index is 0.495. The lowest BCUT2D eigenvalue weighted by Gasteiger charge is -1.86. The van der Waals surface area contributed by atoms with Gasteiger partial charge in [0.2, 0.25) is 0 Å². The van der Waals surface area contributed by atoms with Crippen molar-refractivity contribution in [3.63, 3.8) is 0 Å². The van der Waals surface area contributed by atoms with E-state index in [1.165, 1.54) is 0 Å². The van der Waals surface area contributed by atoms with Gasteiger partial charge in [0.05, 0.1) is 0 Å². The van der Waals surface area contributed by atoms with Crippen LogP contribution in [0.5, 0.6) is 0 Å². The summed E-state index contributed by atoms with van der Waals surface area (Å²) >= 11 is 2.08. The Morgan fingerprint density at radius 2 is 2.27 bits per heavy atom. The van der Waals surface area contributed by atoms with E-state index in [0.717, 1.165) is 3.57 Å². The van der Waals surface area contributed by atoms with Gasteiger partial charge in [-0.25, -0.2) is 0 Å². The number of para-hydroxylation sites is 1. The number of nitrogens with zero attached hydrogens (tertiary/aromatic N) is 1. The lowest BCUT2D eigenvalue weighted by Crippen LogP contribution is -1.73. The van der Waals surface area contributed by atoms with Crippen LogP contribution in [-0.4, -0.2) is 4.98 Å². The summed E-state index contributed by atoms with van der Waals surface area (Å²) in [5.74, 6) is 0. The summed E-state index contributed by atoms with van der Waals surface area (Å²) in [6, 6.07) is 5.34. The summed E-state index contributed by atoms with van der Waals surface area (Å²) in [6.45, 7) is 0. The molecule has 0 unspecified atom stereocenters. The molecule has 1 heterocycles. The van der Waals surface area contributed by atoms with Crippen LogP contribution < -0.4 is 0 Å². The molecule has 0 aliphatic heterocycles. The zero-order valence-corrected chi connectivity index (χ0v) is 7.50. The van der Waals surface area contributed by atoms with Gasteiger partial charge in [-0.15, -0.1) is 4.39 Å². The number of benzene rings is 1. The molecule has 1 aromatic heterocycles. The molecule has 0 aliphatic rings. The lowest BCUT2D eigenvalue weighted by molar-refractivity contribution is 0.355. The van der Waals surface area contributed by atoms with E-state index in [1.54, 1.807) is 12.1 Å². The van der Waals surface area contributed by atoms with Gasteiger partial charge in [0, 0.05) is 3.57 Å². The monoisotopic (exact) mass is 263 g/mol. The molecule has 0 bridgehead atoms. The second-order valence-corrected chi connectivity index (χ2v) is 3.22. The van der Waals surface area contributed by atoms with E-state index in [0.29, 0.717) is 11.1 Å². The first-order valence-electron chi connectivity index (χ1n) is 2.98. The summed E-state index contributed by atoms with van der Waals surface area (Å²) in [5.41, 5.74) is 1.08. The van der Waals surface area contributed by atoms with Crippen LogP contribution in [0.4, 0.5) is 4.39 Å². The summed E-state index contributed by atoms with van der Waals surface area (Å²) in [4.78, 5) is 3.57. The van der Waals surface area contributed by atoms with Crippen LogP contribution in [0.3, 0.4) is 0 Å². The summed E-state index contributed by atoms with van der Waals surface area (Å²) in [5, 5.41) is 0. The third-order valence-corrected chi connectivity index (χ3v) is 2.21. The van der Waals surface area contributed by atoms with E-state index in [4.69, 9.17) is 0 Å². The molecule has 0 radical (unpaired) electrons. The highest BCUT2D eigenvalue weighted by atomic mass is 127. The third-order valence-electron chi connectivity index (χ3n) is 1.34. The van der Waals surface area contributed by atoms with Crippen molar-refractivity contribution in [3.05, 3.63) is 27.9 Å². The highest BCUT2D eigenvalue weighted by Gasteiger charge is 2.05. The normalized spacial score (nSPS) is 10.7. The first kappa shape index (κ1) is 7.02. The minimum Gasteiger partial charge on any atom is -0.415 e. The molecule has 1 aromatic carbocycles. The van der Waals surface area contributed by atoms with Gasteiger partial charge in [0.25, 0.3) is 0 Å². The average molecular weight is 263 g/mol. The van der Waals surface area contributed by atoms with Crippen molar-refractivity contribution in [1.82, 2.24) is 4.98 Å². The molecule has 0 aliphatic carbocycles. The largest absolute Gasteiger partial charge is 0.415 e. The van der Waals surface area contributed by atoms with E-state index < -0.39 is 6.14 Å². The van der Waals surface area contributed by atoms with Crippen LogP contribution in [0.15, 0.2) is 22.6 Å². The van der Waals surface area contributed by atoms with Gasteiger partial charge in [-0.3, -0.25) is 0 Å². The molecular weight excluding hydrogens is 260 g/mol. The van der Waals surface area contributed by atoms with Gasteiger partial charge in [0.1, 0.15) is 5.52 Å². The Balaban J connectivity index is 2.90. The molecule has 0 N–H and O–H groups in total. The molecule has 56 valence electrons. The fourth-order valence-electron chi connectivity index (χ4n) is 0.888. The smallest absolute Gasteiger partial charge is 0.382 e. The van der Waals surface area contributed by atoms with Gasteiger partial charge in [0.15, 0.2) is 5.58 Å². The first-order valence-corrected chi connectivity index (χ1v) is 4.06. The zero-order valence-electron chi connectivity index (χ0n) is 5.34. The van der Waals surface area contributed by atoms with Crippen LogP contribution >= 0.6 is 22.6 Å². The number of aromatic nitrogens is 1. The number of oxazole rings is 1. The summed E-state index contributed by atoms with van der Waals surface area (Å²) < 4.78 is 18.0. The molecule has 0 spiro atoms. The highest BCUT2D eigenvalue weighted by Crippen LogP contribution is 2.19. The van der Waals surface area contributed by atoms with Crippen molar-refractivity contribution in [2.75, 3.05) is 0 Å². The van der Waals surface area contributed by atoms with Crippen molar-refractivity contribution in [3.8, 4) is 0 Å². The highest BCUT2D eigenvalue weighted by molar-refractivity contribution is 14.1. The topological polar surface area (TPSA) is 26.0 Å². The van der Waals surface area contributed by atoms with Crippen LogP contribution in [-0.2, 0) is 0 Å². The second-order valence-electron chi connectivity index (χ2n) is 2.05. The van der Waals surface area contributed by atoms with Crippen molar-refractivity contribution < 1.29 is 8.81 Å². The standard InChI is InChI=1S/C7H3FINO/c8-7-10-6-4(9)2-1-3-5(6)11-7/h1-3H. The van der Waals surface area contributed by atoms with Gasteiger partial charge in [-0.1, -0.05) is 6.07 Å². The Kier molecular flexibility index (Phi) is 1.56. The Bertz CT molecular complexity index is 398. The van der Waals surface area contributed by atoms with E-state index >= 15 is 0 Å². The molecule has 4 heteroatoms. The Labute approximate surface area is 75.6 Å². The Morgan fingerprint density at radius 1 is 1.45 bits per heavy atom. The first-order chi connectivity index (χ1) is 5.27. The van der Waals surface area contributed by atoms with Crippen LogP contribution in [0.25, 0.3) is 11.1 Å². The minimum atomic E-state index is -0.774. The van der Waals surface area contributed by atoms with Crippen molar-refractivity contribution >= 4 is 33.7 Å². The van der Waals surface area contributed by atoms with Gasteiger partial charge in [-0.05, 0) is 34.7 Å². The molecule has 0 amide bonds. The second kappa shape index (κ2) is 2.44. The van der Waals surface area contributed by atoms with Crippen molar-refractivity contribution in [2.24, 2.45) is 0 Å². The van der Waals surface area contributed by atoms with Gasteiger partial charge < -0.3 is 4.42 Å². The predicted molar refractivity (Wildman–Crippen MR) is 46.7 cm³/mol. The maximum absolute atomic E-state index is 12.4. The Morgan fingerprint density at radius 3 is 3.00 bits per heavy atom. The fraction of sp³-hybridized carbons (Fsp3) is 0. The molecule has 0 fully saturated rings. The quantitative estimate of drug-likeness (QED) is 0.683. The SMILES string of the molecule is Fc1nc2c(I)cccc2o1. The zero-order chi connectivity index (χ0) is 7.84. The number of rotatable bonds is 0. The van der Waals surface area contributed by atoms with E-state index in [2.05, 4.69) is 32.0 Å². The van der Waals surface area contributed by atoms with Crippen molar-refractivity contribution in [1.29, 1.82) is 0 Å². The summed E-state index contributed by atoms with van der Waals surface area (Å²) in [6.07, 6.45) is -0.774. The molecule has 0 atom stereocenters. The molecule has 11 heavy (non-hydrogen) atoms. The molecule has 2 aromatic rings. The molecule has 0 saturated carbocycles. The summed E-state index contributed by atoms with van der Waals surface area (Å²) in [7, 11) is 0. The molecule has 2 nitrogen and oxygen atoms in total. The number of hydrogen-bond acceptors (Lipinski definition) is 2. The number of halogens is 2. The van der Waals surface area contributed by atoms with Gasteiger partial charge >= 0.3 is 6.14 Å². The maximum Gasteiger partial charge on any atom is 0.382 e. The van der Waals surface area contributed by atoms with E-state index in [-0.39, 0.29) is 0 Å². The van der Waals surface area contributed by atoms with Crippen molar-refractivity contribution in [2.45, 2.75) is 0 Å². The predicted octanol–water partition coefficient (Wildman–Crippen LogP) is 2.57. The Hall–Kier alpha value is -0.650. The van der Waals surface area contributed by atoms with Crippen LogP contribution in [0.1, 0.15) is 0 Å². The lowest BCUT2D eigenvalue weighted by atomic mass is 10.3. The van der Waals surface area contributed by atoms with Gasteiger partial charge in [-0.2, -0.15) is 4.98 Å². The molecule has 2 rings (SSSR count). The number of fused-ring (bicyclic) bond motifs is 1. The molecule has 0 saturated heterocycles. The van der Waals surface area contributed by atoms with E-state index in [9.17, 15) is 4.39 Å². The number of hydrogen-bond donors (Lipinski definition) is 0. The van der Waals surface area contributed by atoms with Crippen LogP contribution in [0, 0.1) is 9.71 Å². The fourth-order valence-corrected chi connectivity index (χ4v) is 1.48. The maximum atomic E-state index is 12.4.